The van der Waals surface area contributed by atoms with Crippen molar-refractivity contribution in [3.63, 3.8) is 0 Å². The third-order valence-corrected chi connectivity index (χ3v) is 5.39. The van der Waals surface area contributed by atoms with Crippen LogP contribution < -0.4 is 0 Å². The van der Waals surface area contributed by atoms with Crippen molar-refractivity contribution in [3.8, 4) is 10.7 Å². The Balaban J connectivity index is 1.49. The van der Waals surface area contributed by atoms with Crippen molar-refractivity contribution < 1.29 is 17.6 Å². The molecule has 27 heavy (non-hydrogen) atoms. The van der Waals surface area contributed by atoms with Gasteiger partial charge < -0.3 is 0 Å². The minimum absolute atomic E-state index is 0.246. The molecule has 0 amide bonds. The Morgan fingerprint density at radius 3 is 2.74 bits per heavy atom. The minimum Gasteiger partial charge on any atom is -0.294 e. The average Bonchev–Trinajstić information content (AvgIpc) is 3.17. The van der Waals surface area contributed by atoms with Crippen LogP contribution in [0.3, 0.4) is 0 Å². The van der Waals surface area contributed by atoms with E-state index in [2.05, 4.69) is 9.97 Å². The SMILES string of the molecule is Fc1cc(C(F)(F)F)ccc1CN1CCc2nc(-c3cccs3)ncc2C1. The van der Waals surface area contributed by atoms with Crippen LogP contribution in [0.4, 0.5) is 17.6 Å². The van der Waals surface area contributed by atoms with Gasteiger partial charge in [-0.1, -0.05) is 12.1 Å². The highest BCUT2D eigenvalue weighted by Crippen LogP contribution is 2.31. The normalized spacial score (nSPS) is 15.0. The summed E-state index contributed by atoms with van der Waals surface area (Å²) in [5.74, 6) is -0.133. The maximum absolute atomic E-state index is 14.1. The van der Waals surface area contributed by atoms with E-state index in [-0.39, 0.29) is 12.1 Å². The van der Waals surface area contributed by atoms with Crippen LogP contribution in [0.2, 0.25) is 0 Å². The molecule has 0 bridgehead atoms. The lowest BCUT2D eigenvalue weighted by atomic mass is 10.1. The maximum Gasteiger partial charge on any atom is 0.416 e. The van der Waals surface area contributed by atoms with Crippen LogP contribution in [-0.2, 0) is 25.7 Å². The Bertz CT molecular complexity index is 954. The highest BCUT2D eigenvalue weighted by Gasteiger charge is 2.31. The third-order valence-electron chi connectivity index (χ3n) is 4.53. The summed E-state index contributed by atoms with van der Waals surface area (Å²) in [4.78, 5) is 12.0. The summed E-state index contributed by atoms with van der Waals surface area (Å²) in [5.41, 5.74) is 1.22. The topological polar surface area (TPSA) is 29.0 Å². The largest absolute Gasteiger partial charge is 0.416 e. The molecule has 2 aromatic heterocycles. The van der Waals surface area contributed by atoms with Gasteiger partial charge in [-0.05, 0) is 23.6 Å². The number of alkyl halides is 3. The molecular weight excluding hydrogens is 378 g/mol. The van der Waals surface area contributed by atoms with Crippen molar-refractivity contribution in [2.75, 3.05) is 6.54 Å². The van der Waals surface area contributed by atoms with Gasteiger partial charge in [-0.2, -0.15) is 13.2 Å². The van der Waals surface area contributed by atoms with Crippen molar-refractivity contribution in [1.82, 2.24) is 14.9 Å². The number of hydrogen-bond donors (Lipinski definition) is 0. The van der Waals surface area contributed by atoms with Crippen molar-refractivity contribution in [2.45, 2.75) is 25.7 Å². The highest BCUT2D eigenvalue weighted by molar-refractivity contribution is 7.13. The summed E-state index contributed by atoms with van der Waals surface area (Å²) in [7, 11) is 0. The van der Waals surface area contributed by atoms with Gasteiger partial charge in [0.2, 0.25) is 0 Å². The first-order valence-corrected chi connectivity index (χ1v) is 9.25. The number of halogens is 4. The molecule has 140 valence electrons. The second-order valence-corrected chi connectivity index (χ2v) is 7.36. The fourth-order valence-electron chi connectivity index (χ4n) is 3.13. The van der Waals surface area contributed by atoms with Gasteiger partial charge in [0.1, 0.15) is 5.82 Å². The zero-order valence-electron chi connectivity index (χ0n) is 14.1. The molecule has 3 nitrogen and oxygen atoms in total. The third kappa shape index (κ3) is 3.86. The molecule has 0 atom stereocenters. The number of fused-ring (bicyclic) bond motifs is 1. The van der Waals surface area contributed by atoms with E-state index in [9.17, 15) is 17.6 Å². The van der Waals surface area contributed by atoms with E-state index in [0.717, 1.165) is 22.2 Å². The van der Waals surface area contributed by atoms with Gasteiger partial charge in [0.05, 0.1) is 16.1 Å². The van der Waals surface area contributed by atoms with Crippen LogP contribution in [0.25, 0.3) is 10.7 Å². The second-order valence-electron chi connectivity index (χ2n) is 6.41. The van der Waals surface area contributed by atoms with Crippen LogP contribution >= 0.6 is 11.3 Å². The molecule has 0 N–H and O–H groups in total. The molecule has 0 radical (unpaired) electrons. The molecular formula is C19H15F4N3S. The molecule has 3 aromatic rings. The first-order valence-electron chi connectivity index (χ1n) is 8.37. The van der Waals surface area contributed by atoms with Gasteiger partial charge in [-0.25, -0.2) is 14.4 Å². The van der Waals surface area contributed by atoms with Crippen LogP contribution in [0.1, 0.15) is 22.4 Å². The van der Waals surface area contributed by atoms with Crippen molar-refractivity contribution in [1.29, 1.82) is 0 Å². The first-order chi connectivity index (χ1) is 12.9. The number of thiophene rings is 1. The number of hydrogen-bond acceptors (Lipinski definition) is 4. The van der Waals surface area contributed by atoms with Crippen molar-refractivity contribution >= 4 is 11.3 Å². The predicted octanol–water partition coefficient (Wildman–Crippen LogP) is 4.92. The van der Waals surface area contributed by atoms with Gasteiger partial charge >= 0.3 is 6.18 Å². The van der Waals surface area contributed by atoms with Gasteiger partial charge in [-0.3, -0.25) is 4.90 Å². The molecule has 0 spiro atoms. The van der Waals surface area contributed by atoms with Crippen LogP contribution in [0.5, 0.6) is 0 Å². The van der Waals surface area contributed by atoms with Crippen LogP contribution in [0, 0.1) is 5.82 Å². The molecule has 0 unspecified atom stereocenters. The zero-order chi connectivity index (χ0) is 19.0. The van der Waals surface area contributed by atoms with Gasteiger partial charge in [-0.15, -0.1) is 11.3 Å². The summed E-state index contributed by atoms with van der Waals surface area (Å²) in [6, 6.07) is 6.61. The summed E-state index contributed by atoms with van der Waals surface area (Å²) >= 11 is 1.58. The first kappa shape index (κ1) is 18.1. The second kappa shape index (κ2) is 7.01. The van der Waals surface area contributed by atoms with E-state index < -0.39 is 17.6 Å². The lowest BCUT2D eigenvalue weighted by molar-refractivity contribution is -0.137. The monoisotopic (exact) mass is 393 g/mol. The minimum atomic E-state index is -4.54. The van der Waals surface area contributed by atoms with Crippen LogP contribution in [0.15, 0.2) is 41.9 Å². The van der Waals surface area contributed by atoms with Crippen molar-refractivity contribution in [3.05, 3.63) is 70.1 Å². The zero-order valence-corrected chi connectivity index (χ0v) is 14.9. The van der Waals surface area contributed by atoms with E-state index in [1.165, 1.54) is 6.07 Å². The highest BCUT2D eigenvalue weighted by atomic mass is 32.1. The lowest BCUT2D eigenvalue weighted by Crippen LogP contribution is -2.31. The average molecular weight is 393 g/mol. The molecule has 1 aromatic carbocycles. The molecule has 0 aliphatic carbocycles. The molecule has 0 saturated carbocycles. The smallest absolute Gasteiger partial charge is 0.294 e. The fraction of sp³-hybridized carbons (Fsp3) is 0.263. The summed E-state index contributed by atoms with van der Waals surface area (Å²) in [6.45, 7) is 1.45. The Kier molecular flexibility index (Phi) is 4.69. The molecule has 4 rings (SSSR count). The molecule has 0 saturated heterocycles. The van der Waals surface area contributed by atoms with Gasteiger partial charge in [0.25, 0.3) is 0 Å². The lowest BCUT2D eigenvalue weighted by Gasteiger charge is -2.28. The van der Waals surface area contributed by atoms with E-state index in [4.69, 9.17) is 0 Å². The molecule has 0 fully saturated rings. The summed E-state index contributed by atoms with van der Waals surface area (Å²) < 4.78 is 52.1. The molecule has 1 aliphatic heterocycles. The Hall–Kier alpha value is -2.32. The predicted molar refractivity (Wildman–Crippen MR) is 94.6 cm³/mol. The molecule has 3 heterocycles. The Morgan fingerprint density at radius 1 is 1.19 bits per heavy atom. The molecule has 8 heteroatoms. The van der Waals surface area contributed by atoms with Gasteiger partial charge in [0, 0.05) is 43.4 Å². The van der Waals surface area contributed by atoms with E-state index in [1.54, 1.807) is 17.5 Å². The van der Waals surface area contributed by atoms with E-state index in [1.807, 2.05) is 22.4 Å². The Labute approximate surface area is 157 Å². The Morgan fingerprint density at radius 2 is 2.04 bits per heavy atom. The number of nitrogens with zero attached hydrogens (tertiary/aromatic N) is 3. The molecule has 1 aliphatic rings. The van der Waals surface area contributed by atoms with E-state index >= 15 is 0 Å². The maximum atomic E-state index is 14.1. The van der Waals surface area contributed by atoms with Gasteiger partial charge in [0.15, 0.2) is 5.82 Å². The summed E-state index contributed by atoms with van der Waals surface area (Å²) in [6.07, 6.45) is -2.06. The van der Waals surface area contributed by atoms with E-state index in [0.29, 0.717) is 31.4 Å². The number of rotatable bonds is 3. The number of aromatic nitrogens is 2. The van der Waals surface area contributed by atoms with Crippen molar-refractivity contribution in [2.24, 2.45) is 0 Å². The fourth-order valence-corrected chi connectivity index (χ4v) is 3.79. The standard InChI is InChI=1S/C19H15F4N3S/c20-15-8-14(19(21,22)23)4-3-12(15)10-26-6-5-16-13(11-26)9-24-18(25-16)17-2-1-7-27-17/h1-4,7-9H,5-6,10-11H2. The summed E-state index contributed by atoms with van der Waals surface area (Å²) in [5, 5.41) is 1.97. The number of benzene rings is 1. The van der Waals surface area contributed by atoms with Crippen LogP contribution in [-0.4, -0.2) is 21.4 Å². The quantitative estimate of drug-likeness (QED) is 0.592.